The highest BCUT2D eigenvalue weighted by Crippen LogP contribution is 2.33. The summed E-state index contributed by atoms with van der Waals surface area (Å²) in [5, 5.41) is 5.28. The fourth-order valence-electron chi connectivity index (χ4n) is 2.24. The van der Waals surface area contributed by atoms with Crippen LogP contribution in [-0.4, -0.2) is 29.6 Å². The standard InChI is InChI=1S/C12H11ClN4O2/c13-9-10(16-17-5-14-15-6-17)12(19)8-4-2-1-3-7(8)11(9)18/h1-5,7-8,15-16H,6H2. The molecule has 3 aliphatic rings. The van der Waals surface area contributed by atoms with Crippen molar-refractivity contribution in [1.29, 1.82) is 0 Å². The number of hydrazone groups is 1. The Bertz CT molecular complexity index is 564. The molecule has 0 aromatic carbocycles. The minimum absolute atomic E-state index is 0.0495. The van der Waals surface area contributed by atoms with Crippen LogP contribution in [0, 0.1) is 11.8 Å². The van der Waals surface area contributed by atoms with Crippen molar-refractivity contribution in [2.75, 3.05) is 6.67 Å². The summed E-state index contributed by atoms with van der Waals surface area (Å²) in [6.07, 6.45) is 8.45. The third-order valence-corrected chi connectivity index (χ3v) is 3.58. The van der Waals surface area contributed by atoms with Gasteiger partial charge < -0.3 is 0 Å². The van der Waals surface area contributed by atoms with Crippen LogP contribution < -0.4 is 10.9 Å². The van der Waals surface area contributed by atoms with Crippen molar-refractivity contribution < 1.29 is 9.59 Å². The maximum Gasteiger partial charge on any atom is 0.190 e. The van der Waals surface area contributed by atoms with Crippen LogP contribution in [0.2, 0.25) is 0 Å². The fraction of sp³-hybridized carbons (Fsp3) is 0.250. The largest absolute Gasteiger partial charge is 0.292 e. The van der Waals surface area contributed by atoms with Crippen LogP contribution in [0.4, 0.5) is 0 Å². The Kier molecular flexibility index (Phi) is 2.87. The van der Waals surface area contributed by atoms with E-state index in [4.69, 9.17) is 11.6 Å². The summed E-state index contributed by atoms with van der Waals surface area (Å²) in [5.74, 6) is -1.38. The number of hydrazine groups is 1. The van der Waals surface area contributed by atoms with Gasteiger partial charge in [-0.2, -0.15) is 5.10 Å². The lowest BCUT2D eigenvalue weighted by Crippen LogP contribution is -2.45. The number of carbonyl (C=O) groups excluding carboxylic acids is 2. The number of allylic oxidation sites excluding steroid dienone is 6. The Morgan fingerprint density at radius 1 is 1.26 bits per heavy atom. The zero-order valence-electron chi connectivity index (χ0n) is 9.84. The molecule has 0 bridgehead atoms. The van der Waals surface area contributed by atoms with E-state index >= 15 is 0 Å². The van der Waals surface area contributed by atoms with Gasteiger partial charge in [-0.3, -0.25) is 25.4 Å². The molecule has 1 aliphatic heterocycles. The summed E-state index contributed by atoms with van der Waals surface area (Å²) in [6, 6.07) is 0. The highest BCUT2D eigenvalue weighted by atomic mass is 35.5. The number of halogens is 1. The molecule has 0 amide bonds. The summed E-state index contributed by atoms with van der Waals surface area (Å²) in [4.78, 5) is 24.5. The lowest BCUT2D eigenvalue weighted by Gasteiger charge is -2.30. The number of nitrogens with zero attached hydrogens (tertiary/aromatic N) is 2. The third kappa shape index (κ3) is 1.94. The second-order valence-electron chi connectivity index (χ2n) is 4.38. The molecule has 0 saturated heterocycles. The Morgan fingerprint density at radius 3 is 2.58 bits per heavy atom. The quantitative estimate of drug-likeness (QED) is 0.758. The van der Waals surface area contributed by atoms with Crippen molar-refractivity contribution in [2.45, 2.75) is 0 Å². The second-order valence-corrected chi connectivity index (χ2v) is 4.76. The van der Waals surface area contributed by atoms with E-state index in [1.165, 1.54) is 6.34 Å². The van der Waals surface area contributed by atoms with E-state index in [0.717, 1.165) is 0 Å². The summed E-state index contributed by atoms with van der Waals surface area (Å²) >= 11 is 6.02. The average molecular weight is 279 g/mol. The molecule has 0 aromatic rings. The van der Waals surface area contributed by atoms with Crippen molar-refractivity contribution in [1.82, 2.24) is 15.9 Å². The number of rotatable bonds is 2. The van der Waals surface area contributed by atoms with E-state index in [-0.39, 0.29) is 22.3 Å². The second kappa shape index (κ2) is 4.55. The molecule has 7 heteroatoms. The normalized spacial score (nSPS) is 28.8. The summed E-state index contributed by atoms with van der Waals surface area (Å²) in [7, 11) is 0. The molecule has 0 spiro atoms. The van der Waals surface area contributed by atoms with Crippen molar-refractivity contribution >= 4 is 29.5 Å². The minimum atomic E-state index is -0.485. The van der Waals surface area contributed by atoms with Crippen LogP contribution in [0.15, 0.2) is 40.1 Å². The zero-order valence-corrected chi connectivity index (χ0v) is 10.6. The molecule has 2 atom stereocenters. The lowest BCUT2D eigenvalue weighted by atomic mass is 9.77. The van der Waals surface area contributed by atoms with Gasteiger partial charge in [-0.25, -0.2) is 0 Å². The first-order valence-electron chi connectivity index (χ1n) is 5.81. The Balaban J connectivity index is 1.92. The van der Waals surface area contributed by atoms with Gasteiger partial charge in [0.2, 0.25) is 0 Å². The Hall–Kier alpha value is -2.08. The van der Waals surface area contributed by atoms with E-state index in [0.29, 0.717) is 6.67 Å². The van der Waals surface area contributed by atoms with Crippen LogP contribution in [0.1, 0.15) is 0 Å². The van der Waals surface area contributed by atoms with Crippen LogP contribution >= 0.6 is 11.6 Å². The van der Waals surface area contributed by atoms with Crippen molar-refractivity contribution in [3.63, 3.8) is 0 Å². The highest BCUT2D eigenvalue weighted by molar-refractivity contribution is 6.46. The van der Waals surface area contributed by atoms with Gasteiger partial charge in [0.1, 0.15) is 23.7 Å². The first kappa shape index (κ1) is 12.0. The molecule has 2 unspecified atom stereocenters. The average Bonchev–Trinajstić information content (AvgIpc) is 2.94. The van der Waals surface area contributed by atoms with Crippen LogP contribution in [0.3, 0.4) is 0 Å². The van der Waals surface area contributed by atoms with Gasteiger partial charge >= 0.3 is 0 Å². The van der Waals surface area contributed by atoms with Crippen LogP contribution in [0.5, 0.6) is 0 Å². The Labute approximate surface area is 114 Å². The molecular formula is C12H11ClN4O2. The maximum absolute atomic E-state index is 12.4. The molecule has 0 aromatic heterocycles. The Morgan fingerprint density at radius 2 is 1.95 bits per heavy atom. The first-order valence-corrected chi connectivity index (χ1v) is 6.19. The minimum Gasteiger partial charge on any atom is -0.292 e. The lowest BCUT2D eigenvalue weighted by molar-refractivity contribution is -0.127. The number of Topliss-reactive ketones (excluding diaryl/α,β-unsaturated/α-hetero) is 2. The van der Waals surface area contributed by atoms with E-state index in [1.54, 1.807) is 29.3 Å². The van der Waals surface area contributed by atoms with E-state index < -0.39 is 11.8 Å². The van der Waals surface area contributed by atoms with E-state index in [1.807, 2.05) is 0 Å². The molecule has 2 N–H and O–H groups in total. The van der Waals surface area contributed by atoms with E-state index in [9.17, 15) is 9.59 Å². The molecule has 19 heavy (non-hydrogen) atoms. The molecule has 3 rings (SSSR count). The fourth-order valence-corrected chi connectivity index (χ4v) is 2.50. The van der Waals surface area contributed by atoms with E-state index in [2.05, 4.69) is 16.0 Å². The monoisotopic (exact) mass is 278 g/mol. The summed E-state index contributed by atoms with van der Waals surface area (Å²) in [5.41, 5.74) is 5.65. The number of carbonyl (C=O) groups is 2. The van der Waals surface area contributed by atoms with Gasteiger partial charge in [0.15, 0.2) is 11.6 Å². The van der Waals surface area contributed by atoms with Crippen molar-refractivity contribution in [2.24, 2.45) is 16.9 Å². The van der Waals surface area contributed by atoms with Crippen LogP contribution in [-0.2, 0) is 9.59 Å². The molecule has 0 radical (unpaired) electrons. The van der Waals surface area contributed by atoms with Gasteiger partial charge in [0, 0.05) is 0 Å². The number of nitrogens with one attached hydrogen (secondary N) is 2. The van der Waals surface area contributed by atoms with Gasteiger partial charge in [-0.05, 0) is 0 Å². The molecule has 1 heterocycles. The number of fused-ring (bicyclic) bond motifs is 1. The molecule has 0 saturated carbocycles. The molecule has 2 aliphatic carbocycles. The van der Waals surface area contributed by atoms with Gasteiger partial charge in [-0.1, -0.05) is 35.9 Å². The first-order chi connectivity index (χ1) is 9.18. The highest BCUT2D eigenvalue weighted by Gasteiger charge is 2.41. The predicted molar refractivity (Wildman–Crippen MR) is 69.6 cm³/mol. The zero-order chi connectivity index (χ0) is 13.4. The molecular weight excluding hydrogens is 268 g/mol. The topological polar surface area (TPSA) is 73.8 Å². The summed E-state index contributed by atoms with van der Waals surface area (Å²) in [6.45, 7) is 0.402. The van der Waals surface area contributed by atoms with Gasteiger partial charge in [-0.15, -0.1) is 0 Å². The van der Waals surface area contributed by atoms with Crippen molar-refractivity contribution in [3.8, 4) is 0 Å². The number of hydrogen-bond donors (Lipinski definition) is 2. The van der Waals surface area contributed by atoms with Crippen molar-refractivity contribution in [3.05, 3.63) is 35.0 Å². The SMILES string of the molecule is O=C1C(Cl)=C(NN2C=NNC2)C(=O)C2C=CC=CC12. The number of ketones is 2. The number of hydrogen-bond acceptors (Lipinski definition) is 6. The van der Waals surface area contributed by atoms with Gasteiger partial charge in [0.25, 0.3) is 0 Å². The van der Waals surface area contributed by atoms with Gasteiger partial charge in [0.05, 0.1) is 11.8 Å². The smallest absolute Gasteiger partial charge is 0.190 e. The molecule has 0 fully saturated rings. The predicted octanol–water partition coefficient (Wildman–Crippen LogP) is 0.258. The molecule has 98 valence electrons. The maximum atomic E-state index is 12.4. The third-order valence-electron chi connectivity index (χ3n) is 3.21. The summed E-state index contributed by atoms with van der Waals surface area (Å²) < 4.78 is 0. The molecule has 6 nitrogen and oxygen atoms in total. The van der Waals surface area contributed by atoms with Crippen LogP contribution in [0.25, 0.3) is 0 Å².